The van der Waals surface area contributed by atoms with Crippen molar-refractivity contribution in [3.63, 3.8) is 0 Å². The van der Waals surface area contributed by atoms with Gasteiger partial charge in [-0.1, -0.05) is 66.5 Å². The van der Waals surface area contributed by atoms with Crippen molar-refractivity contribution in [1.29, 1.82) is 0 Å². The lowest BCUT2D eigenvalue weighted by Gasteiger charge is -2.37. The fourth-order valence-electron chi connectivity index (χ4n) is 6.04. The zero-order valence-corrected chi connectivity index (χ0v) is 22.5. The summed E-state index contributed by atoms with van der Waals surface area (Å²) >= 11 is 0. The van der Waals surface area contributed by atoms with Gasteiger partial charge in [-0.2, -0.15) is 9.97 Å². The van der Waals surface area contributed by atoms with Crippen LogP contribution in [-0.4, -0.2) is 22.2 Å². The summed E-state index contributed by atoms with van der Waals surface area (Å²) in [6.45, 7) is 13.9. The molecular weight excluding hydrogens is 434 g/mol. The summed E-state index contributed by atoms with van der Waals surface area (Å²) in [6, 6.07) is 11.8. The van der Waals surface area contributed by atoms with Gasteiger partial charge in [-0.05, 0) is 73.3 Å². The Morgan fingerprint density at radius 3 is 1.51 bits per heavy atom. The predicted molar refractivity (Wildman–Crippen MR) is 143 cm³/mol. The largest absolute Gasteiger partial charge is 0.474 e. The van der Waals surface area contributed by atoms with Crippen LogP contribution in [0.25, 0.3) is 0 Å². The zero-order valence-electron chi connectivity index (χ0n) is 22.5. The molecule has 192 valence electrons. The SMILES string of the molecule is CC1CCC(C(C)C)C(Oc2cccc(Nc3cccc(OC4CC(C)CCC4C(C)C)n3)n2)C1. The minimum atomic E-state index is 0.225. The first-order valence-electron chi connectivity index (χ1n) is 13.8. The molecule has 2 heterocycles. The molecule has 2 aromatic rings. The Labute approximate surface area is 212 Å². The van der Waals surface area contributed by atoms with Crippen molar-refractivity contribution in [2.45, 2.75) is 92.3 Å². The lowest BCUT2D eigenvalue weighted by molar-refractivity contribution is 0.0426. The zero-order chi connectivity index (χ0) is 24.9. The highest BCUT2D eigenvalue weighted by molar-refractivity contribution is 5.52. The third-order valence-electron chi connectivity index (χ3n) is 8.17. The lowest BCUT2D eigenvalue weighted by atomic mass is 9.75. The maximum absolute atomic E-state index is 6.45. The third-order valence-corrected chi connectivity index (χ3v) is 8.17. The van der Waals surface area contributed by atoms with Crippen LogP contribution in [0.15, 0.2) is 36.4 Å². The smallest absolute Gasteiger partial charge is 0.215 e. The van der Waals surface area contributed by atoms with Crippen LogP contribution in [0.4, 0.5) is 11.6 Å². The molecule has 6 unspecified atom stereocenters. The van der Waals surface area contributed by atoms with E-state index in [-0.39, 0.29) is 12.2 Å². The minimum Gasteiger partial charge on any atom is -0.474 e. The van der Waals surface area contributed by atoms with Gasteiger partial charge in [-0.25, -0.2) is 0 Å². The molecule has 5 heteroatoms. The van der Waals surface area contributed by atoms with Gasteiger partial charge in [0.25, 0.3) is 0 Å². The van der Waals surface area contributed by atoms with Crippen LogP contribution in [0.5, 0.6) is 11.8 Å². The number of ether oxygens (including phenoxy) is 2. The van der Waals surface area contributed by atoms with Crippen LogP contribution in [0.1, 0.15) is 80.1 Å². The molecule has 0 saturated heterocycles. The first-order chi connectivity index (χ1) is 16.8. The van der Waals surface area contributed by atoms with Crippen molar-refractivity contribution in [2.75, 3.05) is 5.32 Å². The molecule has 35 heavy (non-hydrogen) atoms. The predicted octanol–water partition coefficient (Wildman–Crippen LogP) is 7.90. The first kappa shape index (κ1) is 25.8. The normalized spacial score (nSPS) is 29.3. The van der Waals surface area contributed by atoms with Gasteiger partial charge in [0.2, 0.25) is 11.8 Å². The van der Waals surface area contributed by atoms with E-state index in [1.807, 2.05) is 36.4 Å². The maximum Gasteiger partial charge on any atom is 0.215 e. The van der Waals surface area contributed by atoms with E-state index in [2.05, 4.69) is 46.9 Å². The number of aromatic nitrogens is 2. The standard InChI is InChI=1S/C30H45N3O2/c1-19(2)23-15-13-21(5)17-25(23)34-29-11-7-9-27(32-29)31-28-10-8-12-30(33-28)35-26-18-22(6)14-16-24(26)20(3)4/h7-12,19-26H,13-18H2,1-6H3,(H,31,32,33). The molecule has 2 aliphatic carbocycles. The molecule has 0 spiro atoms. The highest BCUT2D eigenvalue weighted by Gasteiger charge is 2.33. The number of hydrogen-bond acceptors (Lipinski definition) is 5. The number of anilines is 2. The fraction of sp³-hybridized carbons (Fsp3) is 0.667. The van der Waals surface area contributed by atoms with Gasteiger partial charge in [0, 0.05) is 12.1 Å². The Bertz CT molecular complexity index is 871. The van der Waals surface area contributed by atoms with Crippen molar-refractivity contribution in [3.05, 3.63) is 36.4 Å². The second-order valence-electron chi connectivity index (χ2n) is 11.8. The average molecular weight is 480 g/mol. The van der Waals surface area contributed by atoms with Crippen molar-refractivity contribution >= 4 is 11.6 Å². The topological polar surface area (TPSA) is 56.3 Å². The monoisotopic (exact) mass is 479 g/mol. The second kappa shape index (κ2) is 11.6. The Hall–Kier alpha value is -2.30. The molecule has 5 nitrogen and oxygen atoms in total. The molecule has 0 bridgehead atoms. The van der Waals surface area contributed by atoms with E-state index < -0.39 is 0 Å². The molecule has 2 fully saturated rings. The molecule has 0 aromatic carbocycles. The average Bonchev–Trinajstić information content (AvgIpc) is 2.79. The summed E-state index contributed by atoms with van der Waals surface area (Å²) < 4.78 is 12.9. The molecule has 0 radical (unpaired) electrons. The van der Waals surface area contributed by atoms with E-state index in [4.69, 9.17) is 19.4 Å². The van der Waals surface area contributed by atoms with Crippen LogP contribution in [0.2, 0.25) is 0 Å². The molecule has 1 N–H and O–H groups in total. The molecule has 2 aliphatic rings. The van der Waals surface area contributed by atoms with Crippen molar-refractivity contribution in [3.8, 4) is 11.8 Å². The maximum atomic E-state index is 6.45. The van der Waals surface area contributed by atoms with E-state index >= 15 is 0 Å². The van der Waals surface area contributed by atoms with E-state index in [9.17, 15) is 0 Å². The molecule has 0 amide bonds. The number of pyridine rings is 2. The van der Waals surface area contributed by atoms with Crippen LogP contribution in [0, 0.1) is 35.5 Å². The lowest BCUT2D eigenvalue weighted by Crippen LogP contribution is -2.36. The highest BCUT2D eigenvalue weighted by Crippen LogP contribution is 2.37. The summed E-state index contributed by atoms with van der Waals surface area (Å²) in [7, 11) is 0. The highest BCUT2D eigenvalue weighted by atomic mass is 16.5. The first-order valence-corrected chi connectivity index (χ1v) is 13.8. The van der Waals surface area contributed by atoms with Gasteiger partial charge in [-0.15, -0.1) is 0 Å². The van der Waals surface area contributed by atoms with Crippen LogP contribution in [-0.2, 0) is 0 Å². The quantitative estimate of drug-likeness (QED) is 0.417. The third kappa shape index (κ3) is 6.89. The summed E-state index contributed by atoms with van der Waals surface area (Å²) in [5, 5.41) is 3.36. The van der Waals surface area contributed by atoms with Crippen LogP contribution in [0.3, 0.4) is 0 Å². The van der Waals surface area contributed by atoms with E-state index in [0.717, 1.165) is 24.5 Å². The number of hydrogen-bond donors (Lipinski definition) is 1. The van der Waals surface area contributed by atoms with Crippen molar-refractivity contribution < 1.29 is 9.47 Å². The van der Waals surface area contributed by atoms with Crippen LogP contribution < -0.4 is 14.8 Å². The Kier molecular flexibility index (Phi) is 8.56. The van der Waals surface area contributed by atoms with Gasteiger partial charge in [0.15, 0.2) is 0 Å². The summed E-state index contributed by atoms with van der Waals surface area (Å²) in [6.07, 6.45) is 7.69. The van der Waals surface area contributed by atoms with Gasteiger partial charge in [0.05, 0.1) is 0 Å². The molecule has 6 atom stereocenters. The molecule has 0 aliphatic heterocycles. The van der Waals surface area contributed by atoms with E-state index in [1.165, 1.54) is 25.7 Å². The number of nitrogens with zero attached hydrogens (tertiary/aromatic N) is 2. The Morgan fingerprint density at radius 1 is 0.686 bits per heavy atom. The molecule has 4 rings (SSSR count). The minimum absolute atomic E-state index is 0.225. The summed E-state index contributed by atoms with van der Waals surface area (Å²) in [5.41, 5.74) is 0. The Balaban J connectivity index is 1.43. The van der Waals surface area contributed by atoms with Gasteiger partial charge >= 0.3 is 0 Å². The van der Waals surface area contributed by atoms with Gasteiger partial charge < -0.3 is 14.8 Å². The van der Waals surface area contributed by atoms with Crippen molar-refractivity contribution in [2.24, 2.45) is 35.5 Å². The van der Waals surface area contributed by atoms with E-state index in [1.54, 1.807) is 0 Å². The Morgan fingerprint density at radius 2 is 1.11 bits per heavy atom. The molecular formula is C30H45N3O2. The molecule has 2 aromatic heterocycles. The van der Waals surface area contributed by atoms with Crippen molar-refractivity contribution in [1.82, 2.24) is 9.97 Å². The van der Waals surface area contributed by atoms with E-state index in [0.29, 0.717) is 47.3 Å². The van der Waals surface area contributed by atoms with Crippen LogP contribution >= 0.6 is 0 Å². The summed E-state index contributed by atoms with van der Waals surface area (Å²) in [4.78, 5) is 9.51. The van der Waals surface area contributed by atoms with Gasteiger partial charge in [-0.3, -0.25) is 0 Å². The summed E-state index contributed by atoms with van der Waals surface area (Å²) in [5.74, 6) is 6.63. The second-order valence-corrected chi connectivity index (χ2v) is 11.8. The fourth-order valence-corrected chi connectivity index (χ4v) is 6.04. The number of rotatable bonds is 8. The molecule has 2 saturated carbocycles. The van der Waals surface area contributed by atoms with Gasteiger partial charge in [0.1, 0.15) is 23.8 Å². The number of nitrogens with one attached hydrogen (secondary N) is 1.